The number of nitrogens with one attached hydrogen (secondary N) is 1. The molecule has 0 saturated heterocycles. The highest BCUT2D eigenvalue weighted by atomic mass is 32.1. The largest absolute Gasteiger partial charge is 0.374 e. The third kappa shape index (κ3) is 3.14. The van der Waals surface area contributed by atoms with Crippen LogP contribution in [0.2, 0.25) is 0 Å². The Morgan fingerprint density at radius 1 is 1.39 bits per heavy atom. The Kier molecular flexibility index (Phi) is 5.22. The summed E-state index contributed by atoms with van der Waals surface area (Å²) in [5.41, 5.74) is 0.0781. The molecule has 1 aromatic rings. The monoisotopic (exact) mass is 267 g/mol. The Morgan fingerprint density at radius 3 is 2.72 bits per heavy atom. The quantitative estimate of drug-likeness (QED) is 0.814. The summed E-state index contributed by atoms with van der Waals surface area (Å²) in [6.07, 6.45) is 6.15. The average molecular weight is 267 g/mol. The number of hydrogen-bond acceptors (Lipinski definition) is 3. The molecule has 1 fully saturated rings. The van der Waals surface area contributed by atoms with E-state index in [0.29, 0.717) is 6.04 Å². The smallest absolute Gasteiger partial charge is 0.0838 e. The van der Waals surface area contributed by atoms with Gasteiger partial charge in [-0.3, -0.25) is 0 Å². The SMILES string of the molecule is CCNC(Cc1cccs1)C1(OCC)CCCC1. The Bertz CT molecular complexity index is 330. The molecule has 1 unspecified atom stereocenters. The third-order valence-corrected chi connectivity index (χ3v) is 4.85. The first-order valence-corrected chi connectivity index (χ1v) is 8.08. The molecule has 102 valence electrons. The van der Waals surface area contributed by atoms with Crippen LogP contribution in [0, 0.1) is 0 Å². The Balaban J connectivity index is 2.10. The van der Waals surface area contributed by atoms with Crippen LogP contribution in [0.3, 0.4) is 0 Å². The van der Waals surface area contributed by atoms with Gasteiger partial charge in [0.25, 0.3) is 0 Å². The van der Waals surface area contributed by atoms with Gasteiger partial charge in [0, 0.05) is 17.5 Å². The number of ether oxygens (including phenoxy) is 1. The Morgan fingerprint density at radius 2 is 2.17 bits per heavy atom. The highest BCUT2D eigenvalue weighted by Crippen LogP contribution is 2.37. The van der Waals surface area contributed by atoms with Crippen LogP contribution >= 0.6 is 11.3 Å². The van der Waals surface area contributed by atoms with E-state index in [1.54, 1.807) is 0 Å². The van der Waals surface area contributed by atoms with Gasteiger partial charge in [-0.15, -0.1) is 11.3 Å². The molecular formula is C15H25NOS. The molecule has 3 heteroatoms. The zero-order chi connectivity index (χ0) is 12.8. The van der Waals surface area contributed by atoms with Crippen molar-refractivity contribution in [2.75, 3.05) is 13.2 Å². The van der Waals surface area contributed by atoms with Crippen LogP contribution in [0.15, 0.2) is 17.5 Å². The zero-order valence-electron chi connectivity index (χ0n) is 11.6. The van der Waals surface area contributed by atoms with Crippen LogP contribution in [0.25, 0.3) is 0 Å². The van der Waals surface area contributed by atoms with Gasteiger partial charge in [0.05, 0.1) is 5.60 Å². The molecule has 1 saturated carbocycles. The maximum Gasteiger partial charge on any atom is 0.0838 e. The van der Waals surface area contributed by atoms with Gasteiger partial charge in [0.15, 0.2) is 0 Å². The second-order valence-corrected chi connectivity index (χ2v) is 6.13. The molecule has 1 aliphatic carbocycles. The molecule has 0 aliphatic heterocycles. The van der Waals surface area contributed by atoms with Crippen molar-refractivity contribution in [3.63, 3.8) is 0 Å². The fourth-order valence-electron chi connectivity index (χ4n) is 3.17. The lowest BCUT2D eigenvalue weighted by Gasteiger charge is -2.38. The van der Waals surface area contributed by atoms with Crippen molar-refractivity contribution in [2.45, 2.75) is 57.6 Å². The van der Waals surface area contributed by atoms with E-state index in [1.165, 1.54) is 30.6 Å². The lowest BCUT2D eigenvalue weighted by Crippen LogP contribution is -2.52. The lowest BCUT2D eigenvalue weighted by atomic mass is 9.89. The minimum absolute atomic E-state index is 0.0781. The molecule has 1 heterocycles. The molecule has 0 radical (unpaired) electrons. The van der Waals surface area contributed by atoms with Gasteiger partial charge in [-0.25, -0.2) is 0 Å². The van der Waals surface area contributed by atoms with Crippen molar-refractivity contribution in [1.82, 2.24) is 5.32 Å². The summed E-state index contributed by atoms with van der Waals surface area (Å²) in [5.74, 6) is 0. The normalized spacial score (nSPS) is 20.1. The summed E-state index contributed by atoms with van der Waals surface area (Å²) in [6.45, 7) is 6.15. The molecule has 1 atom stereocenters. The van der Waals surface area contributed by atoms with Crippen LogP contribution in [-0.4, -0.2) is 24.8 Å². The molecule has 2 nitrogen and oxygen atoms in total. The molecule has 0 bridgehead atoms. The van der Waals surface area contributed by atoms with Gasteiger partial charge in [-0.2, -0.15) is 0 Å². The van der Waals surface area contributed by atoms with Gasteiger partial charge in [0.1, 0.15) is 0 Å². The maximum atomic E-state index is 6.20. The van der Waals surface area contributed by atoms with Crippen LogP contribution in [0.5, 0.6) is 0 Å². The van der Waals surface area contributed by atoms with E-state index in [1.807, 2.05) is 11.3 Å². The average Bonchev–Trinajstić information content (AvgIpc) is 3.01. The number of thiophene rings is 1. The van der Waals surface area contributed by atoms with Crippen molar-refractivity contribution in [3.05, 3.63) is 22.4 Å². The zero-order valence-corrected chi connectivity index (χ0v) is 12.4. The van der Waals surface area contributed by atoms with Gasteiger partial charge in [-0.05, 0) is 44.2 Å². The molecule has 2 rings (SSSR count). The Labute approximate surface area is 115 Å². The van der Waals surface area contributed by atoms with E-state index in [2.05, 4.69) is 36.7 Å². The van der Waals surface area contributed by atoms with Crippen molar-refractivity contribution < 1.29 is 4.74 Å². The van der Waals surface area contributed by atoms with Gasteiger partial charge >= 0.3 is 0 Å². The topological polar surface area (TPSA) is 21.3 Å². The molecule has 0 spiro atoms. The summed E-state index contributed by atoms with van der Waals surface area (Å²) >= 11 is 1.86. The summed E-state index contributed by atoms with van der Waals surface area (Å²) in [6, 6.07) is 4.85. The molecule has 1 N–H and O–H groups in total. The number of likely N-dealkylation sites (N-methyl/N-ethyl adjacent to an activating group) is 1. The molecule has 0 amide bonds. The molecular weight excluding hydrogens is 242 g/mol. The van der Waals surface area contributed by atoms with Crippen molar-refractivity contribution in [1.29, 1.82) is 0 Å². The predicted molar refractivity (Wildman–Crippen MR) is 78.3 cm³/mol. The fourth-order valence-corrected chi connectivity index (χ4v) is 3.93. The Hall–Kier alpha value is -0.380. The fraction of sp³-hybridized carbons (Fsp3) is 0.733. The van der Waals surface area contributed by atoms with Gasteiger partial charge in [0.2, 0.25) is 0 Å². The lowest BCUT2D eigenvalue weighted by molar-refractivity contribution is -0.0607. The van der Waals surface area contributed by atoms with Crippen molar-refractivity contribution in [3.8, 4) is 0 Å². The van der Waals surface area contributed by atoms with E-state index in [0.717, 1.165) is 19.6 Å². The minimum atomic E-state index is 0.0781. The molecule has 0 aromatic carbocycles. The van der Waals surface area contributed by atoms with Crippen LogP contribution in [-0.2, 0) is 11.2 Å². The van der Waals surface area contributed by atoms with Crippen LogP contribution in [0.4, 0.5) is 0 Å². The van der Waals surface area contributed by atoms with Crippen LogP contribution < -0.4 is 5.32 Å². The van der Waals surface area contributed by atoms with E-state index >= 15 is 0 Å². The summed E-state index contributed by atoms with van der Waals surface area (Å²) < 4.78 is 6.20. The second-order valence-electron chi connectivity index (χ2n) is 5.10. The molecule has 18 heavy (non-hydrogen) atoms. The number of rotatable bonds is 7. The first kappa shape index (κ1) is 14.0. The number of hydrogen-bond donors (Lipinski definition) is 1. The van der Waals surface area contributed by atoms with E-state index in [-0.39, 0.29) is 5.60 Å². The van der Waals surface area contributed by atoms with Gasteiger partial charge in [-0.1, -0.05) is 25.8 Å². The second kappa shape index (κ2) is 6.69. The minimum Gasteiger partial charge on any atom is -0.374 e. The summed E-state index contributed by atoms with van der Waals surface area (Å²) in [7, 11) is 0. The standard InChI is InChI=1S/C15H25NOS/c1-3-16-14(12-13-8-7-11-18-13)15(17-4-2)9-5-6-10-15/h7-8,11,14,16H,3-6,9-10,12H2,1-2H3. The first-order chi connectivity index (χ1) is 8.80. The van der Waals surface area contributed by atoms with E-state index in [4.69, 9.17) is 4.74 Å². The highest BCUT2D eigenvalue weighted by molar-refractivity contribution is 7.09. The van der Waals surface area contributed by atoms with Gasteiger partial charge < -0.3 is 10.1 Å². The van der Waals surface area contributed by atoms with Crippen molar-refractivity contribution >= 4 is 11.3 Å². The first-order valence-electron chi connectivity index (χ1n) is 7.20. The van der Waals surface area contributed by atoms with Crippen molar-refractivity contribution in [2.24, 2.45) is 0 Å². The summed E-state index contributed by atoms with van der Waals surface area (Å²) in [4.78, 5) is 1.46. The predicted octanol–water partition coefficient (Wildman–Crippen LogP) is 3.62. The summed E-state index contributed by atoms with van der Waals surface area (Å²) in [5, 5.41) is 5.84. The highest BCUT2D eigenvalue weighted by Gasteiger charge is 2.41. The third-order valence-electron chi connectivity index (χ3n) is 3.95. The molecule has 1 aromatic heterocycles. The van der Waals surface area contributed by atoms with Crippen LogP contribution in [0.1, 0.15) is 44.4 Å². The van der Waals surface area contributed by atoms with E-state index < -0.39 is 0 Å². The molecule has 1 aliphatic rings. The maximum absolute atomic E-state index is 6.20. The van der Waals surface area contributed by atoms with E-state index in [9.17, 15) is 0 Å².